The first kappa shape index (κ1) is 24.3. The van der Waals surface area contributed by atoms with Crippen LogP contribution in [0.2, 0.25) is 0 Å². The average molecular weight is 488 g/mol. The van der Waals surface area contributed by atoms with Gasteiger partial charge in [0.15, 0.2) is 5.69 Å². The van der Waals surface area contributed by atoms with Crippen molar-refractivity contribution in [3.8, 4) is 0 Å². The second-order valence-electron chi connectivity index (χ2n) is 9.23. The summed E-state index contributed by atoms with van der Waals surface area (Å²) < 4.78 is 9.59. The van der Waals surface area contributed by atoms with E-state index in [1.165, 1.54) is 24.0 Å². The number of furan rings is 1. The second-order valence-corrected chi connectivity index (χ2v) is 10.00. The molecule has 0 unspecified atom stereocenters. The Morgan fingerprint density at radius 2 is 1.68 bits per heavy atom. The molecule has 2 saturated carbocycles. The molecule has 0 aromatic carbocycles. The molecular weight excluding hydrogens is 454 g/mol. The van der Waals surface area contributed by atoms with Crippen molar-refractivity contribution in [3.63, 3.8) is 0 Å². The van der Waals surface area contributed by atoms with E-state index in [-0.39, 0.29) is 53.2 Å². The van der Waals surface area contributed by atoms with Crippen LogP contribution in [-0.4, -0.2) is 45.6 Å². The molecule has 0 spiro atoms. The molecule has 0 aliphatic heterocycles. The van der Waals surface area contributed by atoms with Crippen LogP contribution >= 0.6 is 11.5 Å². The monoisotopic (exact) mass is 487 g/mol. The third-order valence-corrected chi connectivity index (χ3v) is 7.45. The van der Waals surface area contributed by atoms with Gasteiger partial charge in [0.05, 0.1) is 18.5 Å². The van der Waals surface area contributed by atoms with Crippen LogP contribution in [0.25, 0.3) is 0 Å². The molecule has 2 aromatic rings. The first-order chi connectivity index (χ1) is 16.5. The Kier molecular flexibility index (Phi) is 8.21. The molecule has 10 heteroatoms. The fraction of sp³-hybridized carbons (Fsp3) is 0.583. The molecule has 9 nitrogen and oxygen atoms in total. The Balaban J connectivity index is 1.45. The lowest BCUT2D eigenvalue weighted by molar-refractivity contribution is -0.122. The quantitative estimate of drug-likeness (QED) is 0.523. The molecule has 2 heterocycles. The van der Waals surface area contributed by atoms with Crippen molar-refractivity contribution in [3.05, 3.63) is 34.7 Å². The number of nitrogens with zero attached hydrogens (tertiary/aromatic N) is 2. The SMILES string of the molecule is Nc1c(C(=O)NC2CCCCC2)nsc1C(=O)N(CC(=O)NC1CCCCC1)Cc1ccco1. The van der Waals surface area contributed by atoms with Crippen molar-refractivity contribution in [2.75, 3.05) is 12.3 Å². The van der Waals surface area contributed by atoms with Crippen molar-refractivity contribution >= 4 is 34.9 Å². The van der Waals surface area contributed by atoms with E-state index < -0.39 is 5.91 Å². The minimum absolute atomic E-state index is 0.0560. The second kappa shape index (κ2) is 11.5. The van der Waals surface area contributed by atoms with Crippen LogP contribution in [-0.2, 0) is 11.3 Å². The van der Waals surface area contributed by atoms with E-state index in [1.54, 1.807) is 12.1 Å². The first-order valence-electron chi connectivity index (χ1n) is 12.2. The van der Waals surface area contributed by atoms with Gasteiger partial charge in [0.1, 0.15) is 17.2 Å². The zero-order chi connectivity index (χ0) is 23.9. The first-order valence-corrected chi connectivity index (χ1v) is 13.0. The lowest BCUT2D eigenvalue weighted by atomic mass is 9.95. The standard InChI is InChI=1S/C24H33N5O4S/c25-20-21(23(31)27-17-10-5-2-6-11-17)28-34-22(20)24(32)29(14-18-12-7-13-33-18)15-19(30)26-16-8-3-1-4-9-16/h7,12-13,16-17H,1-6,8-11,14-15,25H2,(H,26,30)(H,27,31). The van der Waals surface area contributed by atoms with Crippen molar-refractivity contribution in [1.29, 1.82) is 0 Å². The molecule has 0 radical (unpaired) electrons. The Morgan fingerprint density at radius 1 is 1.03 bits per heavy atom. The van der Waals surface area contributed by atoms with E-state index in [9.17, 15) is 14.4 Å². The molecule has 184 valence electrons. The molecule has 2 aromatic heterocycles. The van der Waals surface area contributed by atoms with Gasteiger partial charge >= 0.3 is 0 Å². The number of hydrogen-bond acceptors (Lipinski definition) is 7. The molecule has 4 N–H and O–H groups in total. The summed E-state index contributed by atoms with van der Waals surface area (Å²) in [4.78, 5) is 40.5. The highest BCUT2D eigenvalue weighted by atomic mass is 32.1. The van der Waals surface area contributed by atoms with Crippen LogP contribution in [0.4, 0.5) is 5.69 Å². The molecule has 2 aliphatic rings. The molecule has 0 atom stereocenters. The van der Waals surface area contributed by atoms with Gasteiger partial charge in [-0.1, -0.05) is 38.5 Å². The van der Waals surface area contributed by atoms with Gasteiger partial charge in [-0.05, 0) is 49.3 Å². The van der Waals surface area contributed by atoms with Gasteiger partial charge in [0.2, 0.25) is 5.91 Å². The van der Waals surface area contributed by atoms with Crippen LogP contribution in [0.1, 0.15) is 90.1 Å². The van der Waals surface area contributed by atoms with Crippen LogP contribution in [0, 0.1) is 0 Å². The van der Waals surface area contributed by atoms with Crippen molar-refractivity contribution < 1.29 is 18.8 Å². The highest BCUT2D eigenvalue weighted by Gasteiger charge is 2.29. The Hall–Kier alpha value is -2.88. The molecule has 0 bridgehead atoms. The Labute approximate surface area is 203 Å². The van der Waals surface area contributed by atoms with E-state index >= 15 is 0 Å². The fourth-order valence-corrected chi connectivity index (χ4v) is 5.51. The topological polar surface area (TPSA) is 131 Å². The van der Waals surface area contributed by atoms with Crippen LogP contribution in [0.3, 0.4) is 0 Å². The van der Waals surface area contributed by atoms with Crippen molar-refractivity contribution in [2.24, 2.45) is 0 Å². The number of carbonyl (C=O) groups excluding carboxylic acids is 3. The lowest BCUT2D eigenvalue weighted by Crippen LogP contribution is -2.44. The predicted octanol–water partition coefficient (Wildman–Crippen LogP) is 3.47. The van der Waals surface area contributed by atoms with E-state index in [4.69, 9.17) is 10.2 Å². The minimum atomic E-state index is -0.443. The highest BCUT2D eigenvalue weighted by molar-refractivity contribution is 7.09. The number of anilines is 1. The summed E-state index contributed by atoms with van der Waals surface area (Å²) in [5.74, 6) is -0.462. The third kappa shape index (κ3) is 6.16. The number of amides is 3. The van der Waals surface area contributed by atoms with Gasteiger partial charge in [-0.25, -0.2) is 0 Å². The molecule has 3 amide bonds. The zero-order valence-corrected chi connectivity index (χ0v) is 20.2. The minimum Gasteiger partial charge on any atom is -0.467 e. The van der Waals surface area contributed by atoms with Crippen LogP contribution in [0.5, 0.6) is 0 Å². The molecule has 2 aliphatic carbocycles. The zero-order valence-electron chi connectivity index (χ0n) is 19.4. The fourth-order valence-electron chi connectivity index (χ4n) is 4.74. The molecule has 4 rings (SSSR count). The maximum atomic E-state index is 13.4. The van der Waals surface area contributed by atoms with E-state index in [1.807, 2.05) is 0 Å². The summed E-state index contributed by atoms with van der Waals surface area (Å²) in [6, 6.07) is 3.73. The van der Waals surface area contributed by atoms with Crippen LogP contribution < -0.4 is 16.4 Å². The highest BCUT2D eigenvalue weighted by Crippen LogP contribution is 2.26. The number of hydrogen-bond donors (Lipinski definition) is 3. The number of nitrogens with one attached hydrogen (secondary N) is 2. The van der Waals surface area contributed by atoms with E-state index in [2.05, 4.69) is 15.0 Å². The summed E-state index contributed by atoms with van der Waals surface area (Å²) in [6.07, 6.45) is 12.1. The summed E-state index contributed by atoms with van der Waals surface area (Å²) >= 11 is 0.889. The summed E-state index contributed by atoms with van der Waals surface area (Å²) in [5, 5.41) is 6.04. The van der Waals surface area contributed by atoms with Gasteiger partial charge < -0.3 is 25.7 Å². The average Bonchev–Trinajstić information content (AvgIpc) is 3.49. The summed E-state index contributed by atoms with van der Waals surface area (Å²) in [7, 11) is 0. The maximum Gasteiger partial charge on any atom is 0.273 e. The smallest absolute Gasteiger partial charge is 0.273 e. The third-order valence-electron chi connectivity index (χ3n) is 6.60. The Morgan fingerprint density at radius 3 is 2.29 bits per heavy atom. The number of rotatable bonds is 8. The van der Waals surface area contributed by atoms with Gasteiger partial charge in [-0.3, -0.25) is 14.4 Å². The van der Waals surface area contributed by atoms with Crippen LogP contribution in [0.15, 0.2) is 22.8 Å². The molecule has 34 heavy (non-hydrogen) atoms. The van der Waals surface area contributed by atoms with E-state index in [0.29, 0.717) is 5.76 Å². The van der Waals surface area contributed by atoms with Gasteiger partial charge in [-0.2, -0.15) is 4.37 Å². The van der Waals surface area contributed by atoms with Gasteiger partial charge in [0, 0.05) is 12.1 Å². The predicted molar refractivity (Wildman–Crippen MR) is 129 cm³/mol. The van der Waals surface area contributed by atoms with Gasteiger partial charge in [0.25, 0.3) is 11.8 Å². The Bertz CT molecular complexity index is 978. The molecular formula is C24H33N5O4S. The van der Waals surface area contributed by atoms with Crippen molar-refractivity contribution in [2.45, 2.75) is 82.8 Å². The summed E-state index contributed by atoms with van der Waals surface area (Å²) in [5.41, 5.74) is 6.35. The number of aromatic nitrogens is 1. The molecule has 0 saturated heterocycles. The largest absolute Gasteiger partial charge is 0.467 e. The maximum absolute atomic E-state index is 13.4. The van der Waals surface area contributed by atoms with Crippen molar-refractivity contribution in [1.82, 2.24) is 19.9 Å². The summed E-state index contributed by atoms with van der Waals surface area (Å²) in [6.45, 7) is -0.0121. The molecule has 2 fully saturated rings. The van der Waals surface area contributed by atoms with Gasteiger partial charge in [-0.15, -0.1) is 0 Å². The number of nitrogens with two attached hydrogens (primary N) is 1. The normalized spacial score (nSPS) is 17.3. The van der Waals surface area contributed by atoms with E-state index in [0.717, 1.165) is 62.9 Å². The number of carbonyl (C=O) groups is 3. The number of nitrogen functional groups attached to an aromatic ring is 1. The lowest BCUT2D eigenvalue weighted by Gasteiger charge is -2.25.